The summed E-state index contributed by atoms with van der Waals surface area (Å²) in [6.45, 7) is 5.62. The van der Waals surface area contributed by atoms with Gasteiger partial charge in [0.2, 0.25) is 0 Å². The van der Waals surface area contributed by atoms with E-state index in [0.717, 1.165) is 22.4 Å². The van der Waals surface area contributed by atoms with Crippen LogP contribution < -0.4 is 5.32 Å². The molecule has 1 unspecified atom stereocenters. The van der Waals surface area contributed by atoms with Gasteiger partial charge in [-0.05, 0) is 19.4 Å². The molecule has 0 heterocycles. The van der Waals surface area contributed by atoms with Crippen molar-refractivity contribution in [3.63, 3.8) is 0 Å². The highest BCUT2D eigenvalue weighted by atomic mass is 16.5. The number of aliphatic hydroxyl groups excluding tert-OH is 2. The van der Waals surface area contributed by atoms with Crippen molar-refractivity contribution in [1.82, 2.24) is 5.32 Å². The molecule has 6 heteroatoms. The number of nitrogens with one attached hydrogen (secondary N) is 1. The number of carbonyl (C=O) groups excluding carboxylic acids is 1. The summed E-state index contributed by atoms with van der Waals surface area (Å²) in [4.78, 5) is 17.6. The van der Waals surface area contributed by atoms with Gasteiger partial charge in [0, 0.05) is 30.6 Å². The molecule has 0 spiro atoms. The number of ether oxygens (including phenoxy) is 1. The number of aliphatic hydroxyl groups is 2. The predicted molar refractivity (Wildman–Crippen MR) is 141 cm³/mol. The smallest absolute Gasteiger partial charge is 0.331 e. The molecular weight excluding hydrogens is 440 g/mol. The largest absolute Gasteiger partial charge is 0.464 e. The summed E-state index contributed by atoms with van der Waals surface area (Å²) in [6, 6.07) is 27.5. The fraction of sp³-hybridized carbons (Fsp3) is 0.310. The van der Waals surface area contributed by atoms with Gasteiger partial charge in [-0.2, -0.15) is 0 Å². The van der Waals surface area contributed by atoms with Crippen LogP contribution in [-0.4, -0.2) is 60.8 Å². The van der Waals surface area contributed by atoms with Crippen LogP contribution in [0, 0.1) is 6.92 Å². The first-order chi connectivity index (χ1) is 17.1. The van der Waals surface area contributed by atoms with Gasteiger partial charge < -0.3 is 20.3 Å². The average Bonchev–Trinajstić information content (AvgIpc) is 2.89. The van der Waals surface area contributed by atoms with E-state index in [1.165, 1.54) is 5.56 Å². The van der Waals surface area contributed by atoms with Gasteiger partial charge in [-0.15, -0.1) is 0 Å². The number of aliphatic imine (C=N–C) groups is 1. The molecule has 0 aliphatic carbocycles. The number of carbonyl (C=O) groups is 1. The van der Waals surface area contributed by atoms with Crippen molar-refractivity contribution in [3.8, 4) is 0 Å². The molecule has 3 rings (SSSR count). The Bertz CT molecular complexity index is 960. The van der Waals surface area contributed by atoms with E-state index in [9.17, 15) is 4.79 Å². The first-order valence-corrected chi connectivity index (χ1v) is 11.9. The van der Waals surface area contributed by atoms with E-state index in [1.807, 2.05) is 86.6 Å². The van der Waals surface area contributed by atoms with Crippen LogP contribution in [0.4, 0.5) is 0 Å². The number of benzene rings is 3. The second kappa shape index (κ2) is 16.3. The molecule has 0 fully saturated rings. The Labute approximate surface area is 208 Å². The zero-order chi connectivity index (χ0) is 25.3. The van der Waals surface area contributed by atoms with Gasteiger partial charge in [-0.25, -0.2) is 4.79 Å². The summed E-state index contributed by atoms with van der Waals surface area (Å²) >= 11 is 0. The number of aryl methyl sites for hydroxylation is 1. The molecule has 35 heavy (non-hydrogen) atoms. The van der Waals surface area contributed by atoms with Crippen molar-refractivity contribution in [2.45, 2.75) is 26.3 Å². The molecule has 0 saturated carbocycles. The lowest BCUT2D eigenvalue weighted by Gasteiger charge is -2.15. The van der Waals surface area contributed by atoms with Crippen LogP contribution in [0.5, 0.6) is 0 Å². The highest BCUT2D eigenvalue weighted by Crippen LogP contribution is 2.16. The summed E-state index contributed by atoms with van der Waals surface area (Å²) < 4.78 is 5.33. The van der Waals surface area contributed by atoms with E-state index in [1.54, 1.807) is 0 Å². The molecule has 0 bridgehead atoms. The molecule has 0 radical (unpaired) electrons. The van der Waals surface area contributed by atoms with E-state index in [0.29, 0.717) is 26.1 Å². The Morgan fingerprint density at radius 1 is 0.857 bits per heavy atom. The Hall–Kier alpha value is -3.32. The van der Waals surface area contributed by atoms with Crippen molar-refractivity contribution >= 4 is 11.7 Å². The minimum absolute atomic E-state index is 0.139. The normalized spacial score (nSPS) is 11.1. The summed E-state index contributed by atoms with van der Waals surface area (Å²) in [5.41, 5.74) is 5.01. The van der Waals surface area contributed by atoms with E-state index in [4.69, 9.17) is 19.9 Å². The standard InChI is InChI=1S/C25H25NO2.C4H11NO2/c1-3-28-25(27)23(18-20-16-14-19(2)15-17-20)26-24(21-10-6-4-7-11-21)22-12-8-5-9-13-22;6-3-1-5-2-4-7/h4-17,23H,3,18H2,1-2H3;5-7H,1-4H2. The fourth-order valence-electron chi connectivity index (χ4n) is 3.31. The molecular formula is C29H36N2O4. The van der Waals surface area contributed by atoms with Crippen LogP contribution in [-0.2, 0) is 16.0 Å². The summed E-state index contributed by atoms with van der Waals surface area (Å²) in [5.74, 6) is -0.299. The van der Waals surface area contributed by atoms with Crippen LogP contribution in [0.25, 0.3) is 0 Å². The molecule has 186 valence electrons. The highest BCUT2D eigenvalue weighted by molar-refractivity contribution is 6.13. The number of esters is 1. The van der Waals surface area contributed by atoms with E-state index >= 15 is 0 Å². The lowest BCUT2D eigenvalue weighted by molar-refractivity contribution is -0.144. The molecule has 3 N–H and O–H groups in total. The first kappa shape index (κ1) is 27.9. The second-order valence-corrected chi connectivity index (χ2v) is 7.86. The molecule has 0 aliphatic heterocycles. The molecule has 0 aliphatic rings. The van der Waals surface area contributed by atoms with Gasteiger partial charge in [0.25, 0.3) is 0 Å². The minimum atomic E-state index is -0.599. The third-order valence-electron chi connectivity index (χ3n) is 5.06. The Morgan fingerprint density at radius 2 is 1.37 bits per heavy atom. The quantitative estimate of drug-likeness (QED) is 0.224. The molecule has 3 aromatic carbocycles. The van der Waals surface area contributed by atoms with Crippen molar-refractivity contribution in [3.05, 3.63) is 107 Å². The number of nitrogens with zero attached hydrogens (tertiary/aromatic N) is 1. The van der Waals surface area contributed by atoms with E-state index in [-0.39, 0.29) is 19.2 Å². The van der Waals surface area contributed by atoms with Crippen LogP contribution in [0.15, 0.2) is 89.9 Å². The minimum Gasteiger partial charge on any atom is -0.464 e. The van der Waals surface area contributed by atoms with Crippen LogP contribution in [0.2, 0.25) is 0 Å². The SMILES string of the molecule is CCOC(=O)C(Cc1ccc(C)cc1)N=C(c1ccccc1)c1ccccc1.OCCNCCO. The predicted octanol–water partition coefficient (Wildman–Crippen LogP) is 3.57. The third-order valence-corrected chi connectivity index (χ3v) is 5.06. The van der Waals surface area contributed by atoms with Gasteiger partial charge in [-0.3, -0.25) is 4.99 Å². The monoisotopic (exact) mass is 476 g/mol. The van der Waals surface area contributed by atoms with E-state index in [2.05, 4.69) is 17.4 Å². The number of hydrogen-bond donors (Lipinski definition) is 3. The van der Waals surface area contributed by atoms with Crippen LogP contribution >= 0.6 is 0 Å². The molecule has 1 atom stereocenters. The Balaban J connectivity index is 0.000000540. The Morgan fingerprint density at radius 3 is 1.83 bits per heavy atom. The zero-order valence-electron chi connectivity index (χ0n) is 20.6. The Kier molecular flexibility index (Phi) is 13.0. The molecule has 0 saturated heterocycles. The van der Waals surface area contributed by atoms with Crippen molar-refractivity contribution in [1.29, 1.82) is 0 Å². The first-order valence-electron chi connectivity index (χ1n) is 11.9. The van der Waals surface area contributed by atoms with Crippen molar-refractivity contribution in [2.24, 2.45) is 4.99 Å². The second-order valence-electron chi connectivity index (χ2n) is 7.86. The van der Waals surface area contributed by atoms with Gasteiger partial charge in [0.15, 0.2) is 6.04 Å². The molecule has 0 aromatic heterocycles. The van der Waals surface area contributed by atoms with E-state index < -0.39 is 6.04 Å². The molecule has 6 nitrogen and oxygen atoms in total. The highest BCUT2D eigenvalue weighted by Gasteiger charge is 2.21. The third kappa shape index (κ3) is 10.2. The van der Waals surface area contributed by atoms with Gasteiger partial charge >= 0.3 is 5.97 Å². The summed E-state index contributed by atoms with van der Waals surface area (Å²) in [6.07, 6.45) is 0.502. The topological polar surface area (TPSA) is 91.2 Å². The van der Waals surface area contributed by atoms with Crippen molar-refractivity contribution in [2.75, 3.05) is 32.9 Å². The lowest BCUT2D eigenvalue weighted by Crippen LogP contribution is -2.26. The zero-order valence-corrected chi connectivity index (χ0v) is 20.6. The maximum atomic E-state index is 12.7. The van der Waals surface area contributed by atoms with Gasteiger partial charge in [0.1, 0.15) is 0 Å². The number of rotatable bonds is 11. The average molecular weight is 477 g/mol. The maximum absolute atomic E-state index is 12.7. The molecule has 0 amide bonds. The summed E-state index contributed by atoms with van der Waals surface area (Å²) in [7, 11) is 0. The van der Waals surface area contributed by atoms with Crippen molar-refractivity contribution < 1.29 is 19.7 Å². The molecule has 3 aromatic rings. The fourth-order valence-corrected chi connectivity index (χ4v) is 3.31. The number of hydrogen-bond acceptors (Lipinski definition) is 6. The summed E-state index contributed by atoms with van der Waals surface area (Å²) in [5, 5.41) is 19.1. The van der Waals surface area contributed by atoms with Crippen LogP contribution in [0.1, 0.15) is 29.2 Å². The van der Waals surface area contributed by atoms with Crippen LogP contribution in [0.3, 0.4) is 0 Å². The maximum Gasteiger partial charge on any atom is 0.331 e. The van der Waals surface area contributed by atoms with Gasteiger partial charge in [0.05, 0.1) is 25.5 Å². The lowest BCUT2D eigenvalue weighted by atomic mass is 10.0. The van der Waals surface area contributed by atoms with Gasteiger partial charge in [-0.1, -0.05) is 90.5 Å².